The summed E-state index contributed by atoms with van der Waals surface area (Å²) in [5, 5.41) is 5.58. The van der Waals surface area contributed by atoms with Gasteiger partial charge in [-0.25, -0.2) is 4.79 Å². The zero-order chi connectivity index (χ0) is 15.5. The lowest BCUT2D eigenvalue weighted by molar-refractivity contribution is -0.123. The average molecular weight is 290 g/mol. The van der Waals surface area contributed by atoms with E-state index in [0.717, 1.165) is 24.1 Å². The standard InChI is InChI=1S/C15H22N4O2/c1-10-5-6-12(9-17-10)11(2)18-14(21)19-15(13(16)20)7-3-4-8-15/h5-6,9,11H,3-4,7-8H2,1-2H3,(H2,16,20)(H2,18,19,21)/t11-/m1/s1. The number of aryl methyl sites for hydroxylation is 1. The lowest BCUT2D eigenvalue weighted by Gasteiger charge is -2.27. The summed E-state index contributed by atoms with van der Waals surface area (Å²) in [6.07, 6.45) is 4.76. The van der Waals surface area contributed by atoms with Crippen molar-refractivity contribution in [2.45, 2.75) is 51.1 Å². The fourth-order valence-electron chi connectivity index (χ4n) is 2.68. The number of hydrogen-bond donors (Lipinski definition) is 3. The molecule has 1 aliphatic rings. The minimum absolute atomic E-state index is 0.190. The number of carbonyl (C=O) groups excluding carboxylic acids is 2. The Balaban J connectivity index is 1.97. The third-order valence-electron chi connectivity index (χ3n) is 4.06. The Bertz CT molecular complexity index is 521. The van der Waals surface area contributed by atoms with Gasteiger partial charge in [0.15, 0.2) is 0 Å². The predicted molar refractivity (Wildman–Crippen MR) is 79.4 cm³/mol. The number of primary amides is 1. The predicted octanol–water partition coefficient (Wildman–Crippen LogP) is 1.55. The van der Waals surface area contributed by atoms with Gasteiger partial charge in [0.2, 0.25) is 5.91 Å². The number of urea groups is 1. The Morgan fingerprint density at radius 3 is 2.52 bits per heavy atom. The van der Waals surface area contributed by atoms with Gasteiger partial charge in [0.25, 0.3) is 0 Å². The van der Waals surface area contributed by atoms with E-state index in [9.17, 15) is 9.59 Å². The number of nitrogens with zero attached hydrogens (tertiary/aromatic N) is 1. The number of amides is 3. The van der Waals surface area contributed by atoms with Gasteiger partial charge < -0.3 is 16.4 Å². The summed E-state index contributed by atoms with van der Waals surface area (Å²) in [6, 6.07) is 3.26. The van der Waals surface area contributed by atoms with Gasteiger partial charge in [-0.15, -0.1) is 0 Å². The molecule has 1 atom stereocenters. The molecule has 0 radical (unpaired) electrons. The molecule has 1 heterocycles. The summed E-state index contributed by atoms with van der Waals surface area (Å²) < 4.78 is 0. The van der Waals surface area contributed by atoms with Crippen molar-refractivity contribution in [3.8, 4) is 0 Å². The van der Waals surface area contributed by atoms with Crippen LogP contribution >= 0.6 is 0 Å². The Labute approximate surface area is 124 Å². The molecule has 0 saturated heterocycles. The molecule has 0 bridgehead atoms. The molecule has 0 aliphatic heterocycles. The van der Waals surface area contributed by atoms with Crippen molar-refractivity contribution < 1.29 is 9.59 Å². The monoisotopic (exact) mass is 290 g/mol. The van der Waals surface area contributed by atoms with E-state index in [1.165, 1.54) is 0 Å². The summed E-state index contributed by atoms with van der Waals surface area (Å²) in [4.78, 5) is 27.9. The van der Waals surface area contributed by atoms with Crippen molar-refractivity contribution in [3.63, 3.8) is 0 Å². The zero-order valence-corrected chi connectivity index (χ0v) is 12.5. The number of pyridine rings is 1. The largest absolute Gasteiger partial charge is 0.368 e. The number of nitrogens with one attached hydrogen (secondary N) is 2. The normalized spacial score (nSPS) is 18.0. The van der Waals surface area contributed by atoms with E-state index in [0.29, 0.717) is 12.8 Å². The summed E-state index contributed by atoms with van der Waals surface area (Å²) in [7, 11) is 0. The second kappa shape index (κ2) is 6.11. The molecule has 0 unspecified atom stereocenters. The number of carbonyl (C=O) groups is 2. The van der Waals surface area contributed by atoms with Crippen LogP contribution in [0.25, 0.3) is 0 Å². The van der Waals surface area contributed by atoms with Crippen molar-refractivity contribution in [1.82, 2.24) is 15.6 Å². The van der Waals surface area contributed by atoms with Crippen LogP contribution in [0.1, 0.15) is 49.9 Å². The van der Waals surface area contributed by atoms with Crippen LogP contribution in [0.4, 0.5) is 4.79 Å². The second-order valence-electron chi connectivity index (χ2n) is 5.71. The maximum absolute atomic E-state index is 12.1. The molecular weight excluding hydrogens is 268 g/mol. The van der Waals surface area contributed by atoms with E-state index < -0.39 is 11.4 Å². The van der Waals surface area contributed by atoms with Crippen LogP contribution in [-0.4, -0.2) is 22.5 Å². The van der Waals surface area contributed by atoms with Gasteiger partial charge in [0.05, 0.1) is 6.04 Å². The first-order valence-electron chi connectivity index (χ1n) is 7.24. The molecule has 2 rings (SSSR count). The molecule has 3 amide bonds. The quantitative estimate of drug-likeness (QED) is 0.784. The van der Waals surface area contributed by atoms with E-state index in [-0.39, 0.29) is 12.1 Å². The maximum Gasteiger partial charge on any atom is 0.316 e. The highest BCUT2D eigenvalue weighted by molar-refractivity contribution is 5.90. The topological polar surface area (TPSA) is 97.1 Å². The van der Waals surface area contributed by atoms with Crippen molar-refractivity contribution in [3.05, 3.63) is 29.6 Å². The van der Waals surface area contributed by atoms with Crippen LogP contribution in [0.5, 0.6) is 0 Å². The van der Waals surface area contributed by atoms with E-state index in [1.807, 2.05) is 26.0 Å². The van der Waals surface area contributed by atoms with Crippen molar-refractivity contribution >= 4 is 11.9 Å². The van der Waals surface area contributed by atoms with Crippen LogP contribution in [-0.2, 0) is 4.79 Å². The van der Waals surface area contributed by atoms with E-state index in [1.54, 1.807) is 6.20 Å². The fraction of sp³-hybridized carbons (Fsp3) is 0.533. The SMILES string of the molecule is Cc1ccc([C@@H](C)NC(=O)NC2(C(N)=O)CCCC2)cn1. The first-order valence-corrected chi connectivity index (χ1v) is 7.24. The van der Waals surface area contributed by atoms with Gasteiger partial charge in [-0.3, -0.25) is 9.78 Å². The summed E-state index contributed by atoms with van der Waals surface area (Å²) >= 11 is 0. The minimum atomic E-state index is -0.894. The van der Waals surface area contributed by atoms with E-state index in [2.05, 4.69) is 15.6 Å². The fourth-order valence-corrected chi connectivity index (χ4v) is 2.68. The molecule has 1 fully saturated rings. The van der Waals surface area contributed by atoms with Gasteiger partial charge in [-0.05, 0) is 38.3 Å². The minimum Gasteiger partial charge on any atom is -0.368 e. The van der Waals surface area contributed by atoms with Crippen LogP contribution in [0.15, 0.2) is 18.3 Å². The Kier molecular flexibility index (Phi) is 4.45. The number of aromatic nitrogens is 1. The van der Waals surface area contributed by atoms with Gasteiger partial charge in [0, 0.05) is 11.9 Å². The molecule has 1 aromatic heterocycles. The maximum atomic E-state index is 12.1. The molecule has 1 aromatic rings. The molecule has 1 aliphatic carbocycles. The Morgan fingerprint density at radius 1 is 1.33 bits per heavy atom. The summed E-state index contributed by atoms with van der Waals surface area (Å²) in [5.74, 6) is -0.459. The second-order valence-corrected chi connectivity index (χ2v) is 5.71. The average Bonchev–Trinajstić information content (AvgIpc) is 2.89. The first kappa shape index (κ1) is 15.3. The molecule has 114 valence electrons. The third-order valence-corrected chi connectivity index (χ3v) is 4.06. The van der Waals surface area contributed by atoms with Gasteiger partial charge >= 0.3 is 6.03 Å². The van der Waals surface area contributed by atoms with Crippen molar-refractivity contribution in [2.24, 2.45) is 5.73 Å². The Hall–Kier alpha value is -2.11. The highest BCUT2D eigenvalue weighted by atomic mass is 16.2. The smallest absolute Gasteiger partial charge is 0.316 e. The van der Waals surface area contributed by atoms with E-state index in [4.69, 9.17) is 5.73 Å². The third kappa shape index (κ3) is 3.51. The molecule has 21 heavy (non-hydrogen) atoms. The van der Waals surface area contributed by atoms with Crippen LogP contribution in [0.2, 0.25) is 0 Å². The van der Waals surface area contributed by atoms with Crippen LogP contribution in [0.3, 0.4) is 0 Å². The van der Waals surface area contributed by atoms with Gasteiger partial charge in [-0.2, -0.15) is 0 Å². The van der Waals surface area contributed by atoms with Crippen molar-refractivity contribution in [2.75, 3.05) is 0 Å². The first-order chi connectivity index (χ1) is 9.93. The van der Waals surface area contributed by atoms with E-state index >= 15 is 0 Å². The molecule has 0 aromatic carbocycles. The molecule has 1 saturated carbocycles. The molecule has 0 spiro atoms. The van der Waals surface area contributed by atoms with Gasteiger partial charge in [0.1, 0.15) is 5.54 Å². The van der Waals surface area contributed by atoms with Crippen molar-refractivity contribution in [1.29, 1.82) is 0 Å². The number of nitrogens with two attached hydrogens (primary N) is 1. The molecule has 6 nitrogen and oxygen atoms in total. The molecular formula is C15H22N4O2. The van der Waals surface area contributed by atoms with Crippen LogP contribution in [0, 0.1) is 6.92 Å². The zero-order valence-electron chi connectivity index (χ0n) is 12.5. The summed E-state index contributed by atoms with van der Waals surface area (Å²) in [6.45, 7) is 3.78. The number of rotatable bonds is 4. The summed E-state index contributed by atoms with van der Waals surface area (Å²) in [5.41, 5.74) is 6.39. The van der Waals surface area contributed by atoms with Crippen LogP contribution < -0.4 is 16.4 Å². The van der Waals surface area contributed by atoms with Gasteiger partial charge in [-0.1, -0.05) is 18.9 Å². The number of hydrogen-bond acceptors (Lipinski definition) is 3. The highest BCUT2D eigenvalue weighted by Gasteiger charge is 2.41. The molecule has 4 N–H and O–H groups in total. The lowest BCUT2D eigenvalue weighted by atomic mass is 9.97. The Morgan fingerprint density at radius 2 is 2.00 bits per heavy atom. The highest BCUT2D eigenvalue weighted by Crippen LogP contribution is 2.29. The molecule has 6 heteroatoms. The lowest BCUT2D eigenvalue weighted by Crippen LogP contribution is -2.58.